The molecule has 0 saturated heterocycles. The quantitative estimate of drug-likeness (QED) is 0.684. The highest BCUT2D eigenvalue weighted by atomic mass is 32.2. The Morgan fingerprint density at radius 3 is 2.11 bits per heavy atom. The molecule has 0 spiro atoms. The van der Waals surface area contributed by atoms with Gasteiger partial charge in [0, 0.05) is 12.1 Å². The number of sulfonamides is 1. The highest BCUT2D eigenvalue weighted by Crippen LogP contribution is 2.19. The van der Waals surface area contributed by atoms with Gasteiger partial charge in [-0.2, -0.15) is 4.31 Å². The minimum atomic E-state index is -3.71. The monoisotopic (exact) mass is 295 g/mol. The van der Waals surface area contributed by atoms with E-state index >= 15 is 0 Å². The molecule has 0 aromatic heterocycles. The molecule has 112 valence electrons. The fraction of sp³-hybridized carbons (Fsp3) is 0.818. The number of aliphatic carboxylic acids is 1. The van der Waals surface area contributed by atoms with Gasteiger partial charge in [0.1, 0.15) is 0 Å². The van der Waals surface area contributed by atoms with E-state index in [9.17, 15) is 18.0 Å². The molecule has 0 aromatic rings. The molecule has 0 aliphatic heterocycles. The lowest BCUT2D eigenvalue weighted by molar-refractivity contribution is -0.140. The summed E-state index contributed by atoms with van der Waals surface area (Å²) in [4.78, 5) is 21.6. The van der Waals surface area contributed by atoms with Crippen LogP contribution in [0.25, 0.3) is 0 Å². The third-order valence-corrected chi connectivity index (χ3v) is 4.53. The van der Waals surface area contributed by atoms with Crippen LogP contribution in [0.3, 0.4) is 0 Å². The van der Waals surface area contributed by atoms with E-state index in [1.165, 1.54) is 7.11 Å². The van der Waals surface area contributed by atoms with Crippen LogP contribution in [-0.4, -0.2) is 54.7 Å². The first kappa shape index (κ1) is 17.8. The second-order valence-corrected chi connectivity index (χ2v) is 7.04. The number of carbonyl (C=O) groups is 2. The molecule has 0 aromatic carbocycles. The number of carbonyl (C=O) groups excluding carboxylic acids is 1. The molecule has 0 atom stereocenters. The molecular formula is C11H21NO6S. The van der Waals surface area contributed by atoms with Gasteiger partial charge in [-0.1, -0.05) is 0 Å². The highest BCUT2D eigenvalue weighted by Gasteiger charge is 2.33. The summed E-state index contributed by atoms with van der Waals surface area (Å²) in [5, 5.41) is 8.65. The van der Waals surface area contributed by atoms with Gasteiger partial charge in [0.25, 0.3) is 0 Å². The van der Waals surface area contributed by atoms with Crippen molar-refractivity contribution < 1.29 is 27.9 Å². The Bertz CT molecular complexity index is 423. The first-order chi connectivity index (χ1) is 8.50. The maximum absolute atomic E-state index is 12.1. The Balaban J connectivity index is 4.92. The Hall–Kier alpha value is -1.15. The van der Waals surface area contributed by atoms with Crippen molar-refractivity contribution in [3.63, 3.8) is 0 Å². The first-order valence-electron chi connectivity index (χ1n) is 5.80. The number of nitrogens with zero attached hydrogens (tertiary/aromatic N) is 1. The Morgan fingerprint density at radius 1 is 1.21 bits per heavy atom. The highest BCUT2D eigenvalue weighted by molar-refractivity contribution is 7.89. The van der Waals surface area contributed by atoms with E-state index in [0.29, 0.717) is 0 Å². The van der Waals surface area contributed by atoms with Crippen LogP contribution in [0.5, 0.6) is 0 Å². The smallest absolute Gasteiger partial charge is 0.306 e. The number of hydrogen-bond acceptors (Lipinski definition) is 5. The second kappa shape index (κ2) is 6.85. The number of hydrogen-bond donors (Lipinski definition) is 1. The molecule has 0 saturated carbocycles. The Morgan fingerprint density at radius 2 is 1.74 bits per heavy atom. The molecule has 0 fully saturated rings. The van der Waals surface area contributed by atoms with E-state index in [0.717, 1.165) is 4.31 Å². The van der Waals surface area contributed by atoms with Gasteiger partial charge < -0.3 is 9.84 Å². The summed E-state index contributed by atoms with van der Waals surface area (Å²) in [5.41, 5.74) is -0.746. The number of rotatable bonds is 7. The fourth-order valence-electron chi connectivity index (χ4n) is 1.51. The summed E-state index contributed by atoms with van der Waals surface area (Å²) in [5.74, 6) is -2.08. The van der Waals surface area contributed by atoms with Gasteiger partial charge in [-0.3, -0.25) is 9.59 Å². The normalized spacial score (nSPS) is 12.5. The summed E-state index contributed by atoms with van der Waals surface area (Å²) < 4.78 is 29.8. The molecule has 7 nitrogen and oxygen atoms in total. The molecule has 1 N–H and O–H groups in total. The van der Waals surface area contributed by atoms with E-state index in [1.807, 2.05) is 0 Å². The van der Waals surface area contributed by atoms with Gasteiger partial charge in [0.15, 0.2) is 0 Å². The summed E-state index contributed by atoms with van der Waals surface area (Å²) in [6.07, 6.45) is -0.535. The van der Waals surface area contributed by atoms with E-state index < -0.39 is 33.3 Å². The zero-order valence-electron chi connectivity index (χ0n) is 11.7. The number of ether oxygens (including phenoxy) is 1. The van der Waals surface area contributed by atoms with Crippen LogP contribution < -0.4 is 0 Å². The maximum atomic E-state index is 12.1. The summed E-state index contributed by atoms with van der Waals surface area (Å²) in [6, 6.07) is 0. The third kappa shape index (κ3) is 6.53. The molecule has 0 rings (SSSR count). The number of carboxylic acids is 1. The van der Waals surface area contributed by atoms with Crippen molar-refractivity contribution in [3.8, 4) is 0 Å². The average molecular weight is 295 g/mol. The average Bonchev–Trinajstić information content (AvgIpc) is 2.23. The van der Waals surface area contributed by atoms with Crippen LogP contribution in [0.15, 0.2) is 0 Å². The molecule has 0 radical (unpaired) electrons. The Labute approximate surface area is 113 Å². The van der Waals surface area contributed by atoms with Gasteiger partial charge in [0.2, 0.25) is 10.0 Å². The Kier molecular flexibility index (Phi) is 6.44. The predicted molar refractivity (Wildman–Crippen MR) is 69.1 cm³/mol. The van der Waals surface area contributed by atoms with E-state index in [2.05, 4.69) is 4.74 Å². The summed E-state index contributed by atoms with van der Waals surface area (Å²) in [7, 11) is -2.53. The molecule has 0 aliphatic rings. The molecule has 0 unspecified atom stereocenters. The van der Waals surface area contributed by atoms with Gasteiger partial charge in [-0.05, 0) is 20.8 Å². The number of carboxylic acid groups (broad SMARTS) is 1. The molecule has 0 heterocycles. The van der Waals surface area contributed by atoms with Crippen LogP contribution in [0.4, 0.5) is 0 Å². The van der Waals surface area contributed by atoms with Crippen molar-refractivity contribution in [1.29, 1.82) is 0 Å². The van der Waals surface area contributed by atoms with Crippen LogP contribution in [-0.2, 0) is 24.3 Å². The maximum Gasteiger partial charge on any atom is 0.306 e. The second-order valence-electron chi connectivity index (χ2n) is 5.03. The fourth-order valence-corrected chi connectivity index (χ4v) is 3.36. The molecule has 0 amide bonds. The van der Waals surface area contributed by atoms with Gasteiger partial charge in [0.05, 0.1) is 25.7 Å². The zero-order chi connectivity index (χ0) is 15.3. The van der Waals surface area contributed by atoms with Crippen molar-refractivity contribution in [2.45, 2.75) is 39.2 Å². The largest absolute Gasteiger partial charge is 0.481 e. The number of esters is 1. The minimum Gasteiger partial charge on any atom is -0.481 e. The topological polar surface area (TPSA) is 101 Å². The lowest BCUT2D eigenvalue weighted by Crippen LogP contribution is -2.47. The lowest BCUT2D eigenvalue weighted by Gasteiger charge is -2.34. The van der Waals surface area contributed by atoms with Crippen molar-refractivity contribution in [2.75, 3.05) is 19.4 Å². The van der Waals surface area contributed by atoms with Gasteiger partial charge >= 0.3 is 11.9 Å². The molecule has 8 heteroatoms. The minimum absolute atomic E-state index is 0.123. The van der Waals surface area contributed by atoms with Gasteiger partial charge in [-0.25, -0.2) is 8.42 Å². The lowest BCUT2D eigenvalue weighted by atomic mass is 10.1. The SMILES string of the molecule is COC(=O)CCS(=O)(=O)N(CCC(=O)O)C(C)(C)C. The molecule has 0 bridgehead atoms. The van der Waals surface area contributed by atoms with Gasteiger partial charge in [-0.15, -0.1) is 0 Å². The molecule has 19 heavy (non-hydrogen) atoms. The van der Waals surface area contributed by atoms with Crippen LogP contribution in [0.2, 0.25) is 0 Å². The van der Waals surface area contributed by atoms with Crippen LogP contribution >= 0.6 is 0 Å². The van der Waals surface area contributed by atoms with E-state index in [1.54, 1.807) is 20.8 Å². The first-order valence-corrected chi connectivity index (χ1v) is 7.40. The van der Waals surface area contributed by atoms with Crippen molar-refractivity contribution in [1.82, 2.24) is 4.31 Å². The third-order valence-electron chi connectivity index (χ3n) is 2.40. The summed E-state index contributed by atoms with van der Waals surface area (Å²) >= 11 is 0. The van der Waals surface area contributed by atoms with Crippen LogP contribution in [0.1, 0.15) is 33.6 Å². The molecule has 0 aliphatic carbocycles. The van der Waals surface area contributed by atoms with Crippen molar-refractivity contribution in [2.24, 2.45) is 0 Å². The molecular weight excluding hydrogens is 274 g/mol. The zero-order valence-corrected chi connectivity index (χ0v) is 12.5. The van der Waals surface area contributed by atoms with E-state index in [-0.39, 0.29) is 19.4 Å². The van der Waals surface area contributed by atoms with Crippen molar-refractivity contribution in [3.05, 3.63) is 0 Å². The van der Waals surface area contributed by atoms with E-state index in [4.69, 9.17) is 5.11 Å². The van der Waals surface area contributed by atoms with Crippen molar-refractivity contribution >= 4 is 22.0 Å². The summed E-state index contributed by atoms with van der Waals surface area (Å²) in [6.45, 7) is 4.89. The number of methoxy groups -OCH3 is 1. The predicted octanol–water partition coefficient (Wildman–Crippen LogP) is 0.454. The van der Waals surface area contributed by atoms with Crippen LogP contribution in [0, 0.1) is 0 Å². The standard InChI is InChI=1S/C11H21NO6S/c1-11(2,3)12(7-5-9(13)14)19(16,17)8-6-10(15)18-4/h5-8H2,1-4H3,(H,13,14).